The van der Waals surface area contributed by atoms with E-state index in [0.717, 1.165) is 11.3 Å². The van der Waals surface area contributed by atoms with Gasteiger partial charge in [-0.3, -0.25) is 4.79 Å². The first-order chi connectivity index (χ1) is 15.0. The lowest BCUT2D eigenvalue weighted by molar-refractivity contribution is -0.113. The summed E-state index contributed by atoms with van der Waals surface area (Å²) < 4.78 is 6.26. The van der Waals surface area contributed by atoms with Gasteiger partial charge in [-0.15, -0.1) is 10.2 Å². The third kappa shape index (κ3) is 4.84. The van der Waals surface area contributed by atoms with Crippen molar-refractivity contribution in [1.82, 2.24) is 19.8 Å². The number of rotatable bonds is 6. The number of anilines is 1. The number of halogens is 1. The number of hydrogen-bond donors (Lipinski definition) is 1. The van der Waals surface area contributed by atoms with Gasteiger partial charge in [-0.2, -0.15) is 9.61 Å². The van der Waals surface area contributed by atoms with E-state index in [1.54, 1.807) is 40.9 Å². The monoisotopic (exact) mass is 453 g/mol. The number of carbonyl (C=O) groups excluding carboxylic acids is 2. The van der Waals surface area contributed by atoms with Crippen LogP contribution in [0.3, 0.4) is 0 Å². The van der Waals surface area contributed by atoms with Crippen molar-refractivity contribution in [3.63, 3.8) is 0 Å². The van der Waals surface area contributed by atoms with Crippen molar-refractivity contribution in [3.8, 4) is 11.3 Å². The highest BCUT2D eigenvalue weighted by Crippen LogP contribution is 2.22. The summed E-state index contributed by atoms with van der Waals surface area (Å²) in [5.41, 5.74) is 3.21. The molecule has 0 aliphatic rings. The number of amides is 1. The van der Waals surface area contributed by atoms with Gasteiger partial charge in [0.15, 0.2) is 5.65 Å². The molecule has 0 unspecified atom stereocenters. The van der Waals surface area contributed by atoms with Crippen LogP contribution in [-0.4, -0.2) is 44.6 Å². The molecular formula is C21H16ClN5O3S. The van der Waals surface area contributed by atoms with E-state index in [0.29, 0.717) is 27.1 Å². The standard InChI is InChI=1S/C21H16ClN5O3S/c1-30-20(29)14-4-8-16(9-5-14)23-19(28)12-31-21-25-24-18-11-10-17(26-27(18)21)13-2-6-15(22)7-3-13/h2-11H,12H2,1H3,(H,23,28). The number of hydrogen-bond acceptors (Lipinski definition) is 7. The zero-order valence-electron chi connectivity index (χ0n) is 16.3. The third-order valence-electron chi connectivity index (χ3n) is 4.30. The number of thioether (sulfide) groups is 1. The van der Waals surface area contributed by atoms with Crippen LogP contribution in [0, 0.1) is 0 Å². The van der Waals surface area contributed by atoms with E-state index in [1.807, 2.05) is 24.3 Å². The average molecular weight is 454 g/mol. The summed E-state index contributed by atoms with van der Waals surface area (Å²) in [7, 11) is 1.32. The summed E-state index contributed by atoms with van der Waals surface area (Å²) in [6.45, 7) is 0. The summed E-state index contributed by atoms with van der Waals surface area (Å²) in [6.07, 6.45) is 0. The molecule has 0 aliphatic carbocycles. The minimum Gasteiger partial charge on any atom is -0.465 e. The normalized spacial score (nSPS) is 10.8. The van der Waals surface area contributed by atoms with Crippen LogP contribution >= 0.6 is 23.4 Å². The molecule has 4 aromatic rings. The lowest BCUT2D eigenvalue weighted by Gasteiger charge is -2.06. The maximum Gasteiger partial charge on any atom is 0.337 e. The Kier molecular flexibility index (Phi) is 6.15. The molecule has 0 fully saturated rings. The zero-order valence-corrected chi connectivity index (χ0v) is 17.9. The summed E-state index contributed by atoms with van der Waals surface area (Å²) in [5.74, 6) is -0.536. The fraction of sp³-hybridized carbons (Fsp3) is 0.0952. The number of methoxy groups -OCH3 is 1. The topological polar surface area (TPSA) is 98.5 Å². The Balaban J connectivity index is 1.43. The predicted molar refractivity (Wildman–Crippen MR) is 118 cm³/mol. The molecule has 0 radical (unpaired) electrons. The largest absolute Gasteiger partial charge is 0.465 e. The van der Waals surface area contributed by atoms with Gasteiger partial charge in [-0.05, 0) is 48.5 Å². The van der Waals surface area contributed by atoms with Crippen LogP contribution in [0.25, 0.3) is 16.9 Å². The molecule has 1 N–H and O–H groups in total. The molecule has 10 heteroatoms. The summed E-state index contributed by atoms with van der Waals surface area (Å²) >= 11 is 7.17. The van der Waals surface area contributed by atoms with Crippen molar-refractivity contribution in [2.24, 2.45) is 0 Å². The van der Waals surface area contributed by atoms with Gasteiger partial charge >= 0.3 is 5.97 Å². The van der Waals surface area contributed by atoms with Gasteiger partial charge in [-0.25, -0.2) is 4.79 Å². The predicted octanol–water partition coefficient (Wildman–Crippen LogP) is 3.96. The van der Waals surface area contributed by atoms with E-state index in [1.165, 1.54) is 18.9 Å². The molecule has 2 heterocycles. The highest BCUT2D eigenvalue weighted by Gasteiger charge is 2.12. The molecule has 0 aliphatic heterocycles. The van der Waals surface area contributed by atoms with Crippen LogP contribution in [0.1, 0.15) is 10.4 Å². The van der Waals surface area contributed by atoms with Gasteiger partial charge in [0.25, 0.3) is 0 Å². The van der Waals surface area contributed by atoms with Crippen LogP contribution < -0.4 is 5.32 Å². The lowest BCUT2D eigenvalue weighted by Crippen LogP contribution is -2.14. The Morgan fingerprint density at radius 1 is 1.03 bits per heavy atom. The third-order valence-corrected chi connectivity index (χ3v) is 5.47. The van der Waals surface area contributed by atoms with Gasteiger partial charge in [0.2, 0.25) is 11.1 Å². The average Bonchev–Trinajstić information content (AvgIpc) is 3.20. The molecular weight excluding hydrogens is 438 g/mol. The van der Waals surface area contributed by atoms with Gasteiger partial charge in [0, 0.05) is 16.3 Å². The van der Waals surface area contributed by atoms with Crippen LogP contribution in [0.15, 0.2) is 65.8 Å². The fourth-order valence-electron chi connectivity index (χ4n) is 2.77. The van der Waals surface area contributed by atoms with E-state index in [2.05, 4.69) is 25.3 Å². The maximum absolute atomic E-state index is 12.3. The molecule has 0 saturated heterocycles. The zero-order chi connectivity index (χ0) is 21.8. The molecule has 0 atom stereocenters. The molecule has 2 aromatic carbocycles. The first kappa shape index (κ1) is 20.8. The van der Waals surface area contributed by atoms with Crippen molar-refractivity contribution in [2.75, 3.05) is 18.2 Å². The van der Waals surface area contributed by atoms with Gasteiger partial charge < -0.3 is 10.1 Å². The van der Waals surface area contributed by atoms with Gasteiger partial charge in [0.05, 0.1) is 24.1 Å². The second kappa shape index (κ2) is 9.15. The molecule has 156 valence electrons. The van der Waals surface area contributed by atoms with Crippen LogP contribution in [-0.2, 0) is 9.53 Å². The number of carbonyl (C=O) groups is 2. The van der Waals surface area contributed by atoms with E-state index in [9.17, 15) is 9.59 Å². The van der Waals surface area contributed by atoms with Crippen LogP contribution in [0.4, 0.5) is 5.69 Å². The van der Waals surface area contributed by atoms with E-state index < -0.39 is 5.97 Å². The van der Waals surface area contributed by atoms with E-state index in [-0.39, 0.29) is 11.7 Å². The molecule has 1 amide bonds. The number of ether oxygens (including phenoxy) is 1. The van der Waals surface area contributed by atoms with Crippen molar-refractivity contribution >= 4 is 46.6 Å². The summed E-state index contributed by atoms with van der Waals surface area (Å²) in [6, 6.07) is 17.5. The number of aromatic nitrogens is 4. The number of fused-ring (bicyclic) bond motifs is 1. The lowest BCUT2D eigenvalue weighted by atomic mass is 10.1. The molecule has 0 spiro atoms. The molecule has 0 saturated carbocycles. The van der Waals surface area contributed by atoms with Crippen molar-refractivity contribution in [3.05, 3.63) is 71.2 Å². The fourth-order valence-corrected chi connectivity index (χ4v) is 3.58. The summed E-state index contributed by atoms with van der Waals surface area (Å²) in [4.78, 5) is 23.8. The number of nitrogens with zero attached hydrogens (tertiary/aromatic N) is 4. The van der Waals surface area contributed by atoms with Gasteiger partial charge in [-0.1, -0.05) is 35.5 Å². The Bertz CT molecular complexity index is 1240. The first-order valence-corrected chi connectivity index (χ1v) is 10.5. The van der Waals surface area contributed by atoms with Crippen molar-refractivity contribution < 1.29 is 14.3 Å². The molecule has 2 aromatic heterocycles. The molecule has 4 rings (SSSR count). The number of esters is 1. The second-order valence-corrected chi connectivity index (χ2v) is 7.76. The molecule has 31 heavy (non-hydrogen) atoms. The first-order valence-electron chi connectivity index (χ1n) is 9.13. The molecule has 8 nitrogen and oxygen atoms in total. The Labute approximate surface area is 186 Å². The molecule has 0 bridgehead atoms. The van der Waals surface area contributed by atoms with E-state index in [4.69, 9.17) is 11.6 Å². The minimum absolute atomic E-state index is 0.117. The number of nitrogens with one attached hydrogen (secondary N) is 1. The highest BCUT2D eigenvalue weighted by molar-refractivity contribution is 7.99. The van der Waals surface area contributed by atoms with Crippen LogP contribution in [0.5, 0.6) is 0 Å². The van der Waals surface area contributed by atoms with Crippen molar-refractivity contribution in [2.45, 2.75) is 5.16 Å². The maximum atomic E-state index is 12.3. The Morgan fingerprint density at radius 3 is 2.48 bits per heavy atom. The smallest absolute Gasteiger partial charge is 0.337 e. The highest BCUT2D eigenvalue weighted by atomic mass is 35.5. The minimum atomic E-state index is -0.433. The quantitative estimate of drug-likeness (QED) is 0.348. The van der Waals surface area contributed by atoms with Crippen molar-refractivity contribution in [1.29, 1.82) is 0 Å². The van der Waals surface area contributed by atoms with E-state index >= 15 is 0 Å². The van der Waals surface area contributed by atoms with Crippen LogP contribution in [0.2, 0.25) is 5.02 Å². The second-order valence-electron chi connectivity index (χ2n) is 6.38. The Hall–Kier alpha value is -3.43. The SMILES string of the molecule is COC(=O)c1ccc(NC(=O)CSc2nnc3ccc(-c4ccc(Cl)cc4)nn23)cc1. The number of benzene rings is 2. The summed E-state index contributed by atoms with van der Waals surface area (Å²) in [5, 5.41) is 16.7. The Morgan fingerprint density at radius 2 is 1.77 bits per heavy atom. The van der Waals surface area contributed by atoms with Gasteiger partial charge in [0.1, 0.15) is 0 Å².